The van der Waals surface area contributed by atoms with Gasteiger partial charge >= 0.3 is 0 Å². The Kier molecular flexibility index (Phi) is 8.87. The molecule has 0 radical (unpaired) electrons. The van der Waals surface area contributed by atoms with Crippen molar-refractivity contribution in [1.29, 1.82) is 0 Å². The molecule has 2 heteroatoms. The van der Waals surface area contributed by atoms with Crippen molar-refractivity contribution in [3.8, 4) is 44.5 Å². The molecule has 2 heterocycles. The predicted molar refractivity (Wildman–Crippen MR) is 384 cm³/mol. The van der Waals surface area contributed by atoms with Crippen molar-refractivity contribution in [3.05, 3.63) is 240 Å². The summed E-state index contributed by atoms with van der Waals surface area (Å²) in [6.45, 7) is 11.5. The molecule has 0 unspecified atom stereocenters. The Bertz CT molecular complexity index is 6660. The summed E-state index contributed by atoms with van der Waals surface area (Å²) in [6.07, 6.45) is 0. The van der Waals surface area contributed by atoms with Crippen molar-refractivity contribution in [2.45, 2.75) is 34.6 Å². The molecule has 0 saturated heterocycles. The summed E-state index contributed by atoms with van der Waals surface area (Å²) in [4.78, 5) is 0. The van der Waals surface area contributed by atoms with E-state index in [1.807, 2.05) is 22.7 Å². The Hall–Kier alpha value is -9.96. The van der Waals surface area contributed by atoms with Crippen LogP contribution < -0.4 is 0 Å². The average molecular weight is 1140 g/mol. The highest BCUT2D eigenvalue weighted by Gasteiger charge is 2.32. The van der Waals surface area contributed by atoms with Crippen molar-refractivity contribution < 1.29 is 0 Å². The van der Waals surface area contributed by atoms with Crippen LogP contribution >= 0.6 is 22.7 Å². The molecule has 0 fully saturated rings. The lowest BCUT2D eigenvalue weighted by atomic mass is 9.86. The predicted octanol–water partition coefficient (Wildman–Crippen LogP) is 25.7. The lowest BCUT2D eigenvalue weighted by Gasteiger charge is -2.16. The maximum absolute atomic E-state index is 2.50. The number of thiophene rings is 2. The quantitative estimate of drug-likeness (QED) is 0.105. The number of hydrogen-bond donors (Lipinski definition) is 0. The Morgan fingerprint density at radius 2 is 0.667 bits per heavy atom. The lowest BCUT2D eigenvalue weighted by molar-refractivity contribution is 1.51. The molecule has 0 saturated carbocycles. The third kappa shape index (κ3) is 5.76. The number of hydrogen-bond acceptors (Lipinski definition) is 2. The third-order valence-electron chi connectivity index (χ3n) is 21.1. The standard InChI is InChI=1S/C44H28S.C41H22S/c1-21-17-33-24(4)34-18-22(2)32-20-26-16-23(3)36-35-19-25-10-5-6-12-28(25)30-14-9-15-31(38(30)35)40(36)37(26)43-41(32)42(34)44(45-43)39(33)29-13-8-7-11-27(21)29;1-21-26-16-13-22-7-2-5-10-29(22)38(26)41-39-27(21)17-14-25-19-24-15-18-31-33-20-23-8-3-4-9-28(23)30-11-6-12-32(36(30)33)37(31)34(24)40(42-41)35(25)39/h5-20H,1-4H3;2-20H,1H3. The maximum atomic E-state index is 2.50. The number of aryl methyl sites for hydroxylation is 5. The monoisotopic (exact) mass is 1130 g/mol. The topological polar surface area (TPSA) is 0 Å². The van der Waals surface area contributed by atoms with Gasteiger partial charge in [0.15, 0.2) is 0 Å². The molecule has 87 heavy (non-hydrogen) atoms. The van der Waals surface area contributed by atoms with E-state index in [1.165, 1.54) is 242 Å². The highest BCUT2D eigenvalue weighted by atomic mass is 32.1. The van der Waals surface area contributed by atoms with Gasteiger partial charge in [0.1, 0.15) is 0 Å². The SMILES string of the molecule is Cc1c2ccc3ccccc3c2c2sc3c4c5c(ccc4cc4ccc1c2c43)-c1cc2ccccc2c2cccc-5c12.Cc1cc2cc3c(C)cc4c(C)c5cc(C)c6ccccc6c5c5sc(c2c2c1-c1cc6ccccc6c6cccc-2c16)c3c45. The van der Waals surface area contributed by atoms with Crippen LogP contribution in [-0.4, -0.2) is 0 Å². The van der Waals surface area contributed by atoms with Gasteiger partial charge in [0.05, 0.1) is 0 Å². The van der Waals surface area contributed by atoms with Crippen LogP contribution in [0.4, 0.5) is 0 Å². The molecule has 2 aromatic heterocycles. The van der Waals surface area contributed by atoms with E-state index in [9.17, 15) is 0 Å². The van der Waals surface area contributed by atoms with Crippen LogP contribution in [0.25, 0.3) is 214 Å². The van der Waals surface area contributed by atoms with Crippen molar-refractivity contribution >= 4 is 192 Å². The van der Waals surface area contributed by atoms with E-state index in [0.29, 0.717) is 0 Å². The summed E-state index contributed by atoms with van der Waals surface area (Å²) in [7, 11) is 0. The van der Waals surface area contributed by atoms with E-state index in [1.54, 1.807) is 0 Å². The van der Waals surface area contributed by atoms with Gasteiger partial charge in [-0.2, -0.15) is 0 Å². The van der Waals surface area contributed by atoms with Crippen LogP contribution in [0.2, 0.25) is 0 Å². The van der Waals surface area contributed by atoms with Crippen molar-refractivity contribution in [2.24, 2.45) is 0 Å². The van der Waals surface area contributed by atoms with Crippen LogP contribution in [-0.2, 0) is 0 Å². The summed E-state index contributed by atoms with van der Waals surface area (Å²) in [6, 6.07) is 80.8. The van der Waals surface area contributed by atoms with E-state index < -0.39 is 0 Å². The largest absolute Gasteiger partial charge is 0.134 e. The number of benzene rings is 18. The Morgan fingerprint density at radius 1 is 0.195 bits per heavy atom. The minimum absolute atomic E-state index is 1.31. The molecule has 18 aromatic carbocycles. The fourth-order valence-electron chi connectivity index (χ4n) is 17.4. The van der Waals surface area contributed by atoms with Gasteiger partial charge in [0, 0.05) is 61.9 Å². The van der Waals surface area contributed by atoms with E-state index in [0.717, 1.165) is 0 Å². The first-order valence-corrected chi connectivity index (χ1v) is 32.3. The van der Waals surface area contributed by atoms with Gasteiger partial charge in [-0.1, -0.05) is 188 Å². The van der Waals surface area contributed by atoms with Crippen LogP contribution in [0, 0.1) is 34.6 Å². The first-order chi connectivity index (χ1) is 42.8. The first-order valence-electron chi connectivity index (χ1n) is 30.6. The van der Waals surface area contributed by atoms with E-state index in [-0.39, 0.29) is 0 Å². The highest BCUT2D eigenvalue weighted by Crippen LogP contribution is 2.60. The van der Waals surface area contributed by atoms with Crippen molar-refractivity contribution in [2.75, 3.05) is 0 Å². The molecule has 0 amide bonds. The van der Waals surface area contributed by atoms with Crippen molar-refractivity contribution in [1.82, 2.24) is 0 Å². The van der Waals surface area contributed by atoms with Crippen LogP contribution in [0.5, 0.6) is 0 Å². The van der Waals surface area contributed by atoms with Crippen LogP contribution in [0.15, 0.2) is 212 Å². The molecule has 0 aliphatic heterocycles. The van der Waals surface area contributed by atoms with Gasteiger partial charge in [-0.05, 0) is 239 Å². The molecule has 2 aliphatic rings. The summed E-state index contributed by atoms with van der Waals surface area (Å²) < 4.78 is 5.72. The minimum atomic E-state index is 1.31. The molecular weight excluding hydrogens is 1090 g/mol. The molecule has 0 nitrogen and oxygen atoms in total. The second-order valence-electron chi connectivity index (χ2n) is 25.4. The molecule has 22 rings (SSSR count). The maximum Gasteiger partial charge on any atom is 0.0446 e. The Labute approximate surface area is 508 Å². The van der Waals surface area contributed by atoms with Gasteiger partial charge in [-0.15, -0.1) is 22.7 Å². The molecule has 0 N–H and O–H groups in total. The first kappa shape index (κ1) is 47.3. The molecule has 0 spiro atoms. The van der Waals surface area contributed by atoms with E-state index in [2.05, 4.69) is 247 Å². The van der Waals surface area contributed by atoms with Crippen LogP contribution in [0.3, 0.4) is 0 Å². The van der Waals surface area contributed by atoms with Crippen molar-refractivity contribution in [3.63, 3.8) is 0 Å². The molecule has 20 aromatic rings. The van der Waals surface area contributed by atoms with Crippen LogP contribution in [0.1, 0.15) is 27.8 Å². The molecule has 2 aliphatic carbocycles. The summed E-state index contributed by atoms with van der Waals surface area (Å²) >= 11 is 4.04. The van der Waals surface area contributed by atoms with Gasteiger partial charge < -0.3 is 0 Å². The fraction of sp³-hybridized carbons (Fsp3) is 0.0588. The number of fused-ring (bicyclic) bond motifs is 24. The van der Waals surface area contributed by atoms with Gasteiger partial charge in [0.2, 0.25) is 0 Å². The summed E-state index contributed by atoms with van der Waals surface area (Å²) in [5, 5.41) is 38.6. The minimum Gasteiger partial charge on any atom is -0.134 e. The highest BCUT2D eigenvalue weighted by molar-refractivity contribution is 7.28. The Morgan fingerprint density at radius 3 is 1.40 bits per heavy atom. The smallest absolute Gasteiger partial charge is 0.0446 e. The second-order valence-corrected chi connectivity index (χ2v) is 27.4. The van der Waals surface area contributed by atoms with Gasteiger partial charge in [0.25, 0.3) is 0 Å². The summed E-state index contributed by atoms with van der Waals surface area (Å²) in [5.41, 5.74) is 18.0. The molecule has 402 valence electrons. The van der Waals surface area contributed by atoms with Gasteiger partial charge in [-0.25, -0.2) is 0 Å². The zero-order valence-electron chi connectivity index (χ0n) is 48.5. The molecular formula is C85H50S2. The Balaban J connectivity index is 0.000000120. The summed E-state index contributed by atoms with van der Waals surface area (Å²) in [5.74, 6) is 0. The van der Waals surface area contributed by atoms with E-state index in [4.69, 9.17) is 0 Å². The zero-order chi connectivity index (χ0) is 57.1. The normalized spacial score (nSPS) is 12.9. The number of rotatable bonds is 0. The van der Waals surface area contributed by atoms with Gasteiger partial charge in [-0.3, -0.25) is 0 Å². The zero-order valence-corrected chi connectivity index (χ0v) is 50.2. The fourth-order valence-corrected chi connectivity index (χ4v) is 20.4. The second kappa shape index (κ2) is 16.3. The lowest BCUT2D eigenvalue weighted by Crippen LogP contribution is -1.91. The average Bonchev–Trinajstić information content (AvgIpc) is 1.58. The molecule has 0 atom stereocenters. The molecule has 0 bridgehead atoms. The van der Waals surface area contributed by atoms with E-state index >= 15 is 0 Å². The third-order valence-corrected chi connectivity index (χ3v) is 23.6.